The summed E-state index contributed by atoms with van der Waals surface area (Å²) in [6, 6.07) is 7.74. The molecule has 2 N–H and O–H groups in total. The normalized spacial score (nSPS) is 17.9. The van der Waals surface area contributed by atoms with E-state index in [2.05, 4.69) is 10.6 Å². The van der Waals surface area contributed by atoms with Gasteiger partial charge in [-0.2, -0.15) is 0 Å². The molecule has 7 nitrogen and oxygen atoms in total. The Morgan fingerprint density at radius 1 is 1.12 bits per heavy atom. The van der Waals surface area contributed by atoms with Crippen molar-refractivity contribution in [3.8, 4) is 11.5 Å². The van der Waals surface area contributed by atoms with Crippen LogP contribution in [0.1, 0.15) is 43.2 Å². The van der Waals surface area contributed by atoms with Crippen LogP contribution in [0.15, 0.2) is 41.0 Å². The van der Waals surface area contributed by atoms with Gasteiger partial charge in [-0.3, -0.25) is 9.59 Å². The lowest BCUT2D eigenvalue weighted by Crippen LogP contribution is -2.41. The highest BCUT2D eigenvalue weighted by molar-refractivity contribution is 6.00. The molecule has 2 heterocycles. The van der Waals surface area contributed by atoms with Gasteiger partial charge in [0.05, 0.1) is 6.26 Å². The smallest absolute Gasteiger partial charge is 0.287 e. The van der Waals surface area contributed by atoms with Crippen molar-refractivity contribution in [2.45, 2.75) is 44.4 Å². The molecule has 1 aromatic heterocycles. The van der Waals surface area contributed by atoms with Gasteiger partial charge in [0.25, 0.3) is 11.7 Å². The van der Waals surface area contributed by atoms with Crippen molar-refractivity contribution < 1.29 is 23.5 Å². The molecule has 0 saturated heterocycles. The number of ether oxygens (including phenoxy) is 2. The van der Waals surface area contributed by atoms with E-state index >= 15 is 0 Å². The topological polar surface area (TPSA) is 89.8 Å². The molecule has 136 valence electrons. The molecule has 0 bridgehead atoms. The van der Waals surface area contributed by atoms with Gasteiger partial charge >= 0.3 is 0 Å². The van der Waals surface area contributed by atoms with Crippen molar-refractivity contribution in [3.05, 3.63) is 42.4 Å². The van der Waals surface area contributed by atoms with Crippen LogP contribution in [-0.2, 0) is 4.79 Å². The molecular formula is C19H20N2O5. The summed E-state index contributed by atoms with van der Waals surface area (Å²) in [7, 11) is 0. The van der Waals surface area contributed by atoms with E-state index < -0.39 is 17.7 Å². The van der Waals surface area contributed by atoms with Gasteiger partial charge in [0.2, 0.25) is 5.91 Å². The first-order chi connectivity index (χ1) is 12.5. The first kappa shape index (κ1) is 16.5. The van der Waals surface area contributed by atoms with Crippen LogP contribution in [0.2, 0.25) is 0 Å². The summed E-state index contributed by atoms with van der Waals surface area (Å²) < 4.78 is 17.0. The van der Waals surface area contributed by atoms with E-state index in [0.717, 1.165) is 25.7 Å². The van der Waals surface area contributed by atoms with Crippen LogP contribution in [0, 0.1) is 0 Å². The number of nitrogens with one attached hydrogen (secondary N) is 2. The molecule has 1 aliphatic heterocycles. The number of fused-ring (bicyclic) bond motifs is 1. The Morgan fingerprint density at radius 3 is 2.62 bits per heavy atom. The highest BCUT2D eigenvalue weighted by Crippen LogP contribution is 2.47. The number of rotatable bonds is 4. The molecule has 1 unspecified atom stereocenters. The molecule has 7 heteroatoms. The van der Waals surface area contributed by atoms with Crippen LogP contribution in [0.5, 0.6) is 11.5 Å². The summed E-state index contributed by atoms with van der Waals surface area (Å²) in [6.07, 6.45) is 5.33. The fraction of sp³-hybridized carbons (Fsp3) is 0.368. The molecule has 2 aromatic rings. The number of hydrogen-bond acceptors (Lipinski definition) is 5. The maximum atomic E-state index is 12.3. The van der Waals surface area contributed by atoms with E-state index in [1.807, 2.05) is 0 Å². The highest BCUT2D eigenvalue weighted by atomic mass is 16.7. The Labute approximate surface area is 150 Å². The van der Waals surface area contributed by atoms with Gasteiger partial charge in [0, 0.05) is 24.6 Å². The number of benzene rings is 1. The van der Waals surface area contributed by atoms with Crippen molar-refractivity contribution in [2.75, 3.05) is 5.32 Å². The van der Waals surface area contributed by atoms with E-state index in [4.69, 9.17) is 13.9 Å². The predicted molar refractivity (Wildman–Crippen MR) is 93.2 cm³/mol. The van der Waals surface area contributed by atoms with E-state index in [0.29, 0.717) is 17.2 Å². The minimum absolute atomic E-state index is 0.162. The lowest BCUT2D eigenvalue weighted by molar-refractivity contribution is -0.117. The quantitative estimate of drug-likeness (QED) is 0.879. The van der Waals surface area contributed by atoms with Crippen molar-refractivity contribution in [2.24, 2.45) is 0 Å². The lowest BCUT2D eigenvalue weighted by atomic mass is 10.2. The van der Waals surface area contributed by atoms with Crippen molar-refractivity contribution in [3.63, 3.8) is 0 Å². The summed E-state index contributed by atoms with van der Waals surface area (Å²) in [5.41, 5.74) is 0.589. The van der Waals surface area contributed by atoms with Gasteiger partial charge in [0.15, 0.2) is 17.3 Å². The van der Waals surface area contributed by atoms with Gasteiger partial charge in [-0.25, -0.2) is 0 Å². The zero-order chi connectivity index (χ0) is 18.1. The van der Waals surface area contributed by atoms with Crippen LogP contribution in [0.3, 0.4) is 0 Å². The molecule has 1 aromatic carbocycles. The fourth-order valence-electron chi connectivity index (χ4n) is 3.28. The summed E-state index contributed by atoms with van der Waals surface area (Å²) in [4.78, 5) is 24.3. The van der Waals surface area contributed by atoms with Gasteiger partial charge < -0.3 is 24.5 Å². The molecule has 1 saturated carbocycles. The average molecular weight is 356 g/mol. The lowest BCUT2D eigenvalue weighted by Gasteiger charge is -2.21. The minimum Gasteiger partial charge on any atom is -0.459 e. The van der Waals surface area contributed by atoms with Gasteiger partial charge in [-0.05, 0) is 44.0 Å². The Kier molecular flexibility index (Phi) is 4.06. The van der Waals surface area contributed by atoms with Crippen molar-refractivity contribution in [1.82, 2.24) is 5.32 Å². The second-order valence-electron chi connectivity index (χ2n) is 6.65. The average Bonchev–Trinajstić information content (AvgIpc) is 3.35. The summed E-state index contributed by atoms with van der Waals surface area (Å²) in [6.45, 7) is 1.61. The van der Waals surface area contributed by atoms with E-state index in [9.17, 15) is 9.59 Å². The molecule has 1 atom stereocenters. The van der Waals surface area contributed by atoms with Crippen LogP contribution in [0.25, 0.3) is 0 Å². The molecule has 26 heavy (non-hydrogen) atoms. The number of carbonyl (C=O) groups is 2. The molecule has 0 radical (unpaired) electrons. The molecule has 1 aliphatic carbocycles. The highest BCUT2D eigenvalue weighted by Gasteiger charge is 2.44. The number of furan rings is 1. The van der Waals surface area contributed by atoms with Crippen LogP contribution in [-0.4, -0.2) is 23.6 Å². The van der Waals surface area contributed by atoms with Crippen molar-refractivity contribution >= 4 is 17.5 Å². The van der Waals surface area contributed by atoms with E-state index in [-0.39, 0.29) is 11.7 Å². The SMILES string of the molecule is CC(NC(=O)c1ccco1)C(=O)Nc1ccc2c(c1)OC1(CCCC1)O2. The molecule has 2 aliphatic rings. The summed E-state index contributed by atoms with van der Waals surface area (Å²) >= 11 is 0. The Bertz CT molecular complexity index is 824. The monoisotopic (exact) mass is 356 g/mol. The van der Waals surface area contributed by atoms with E-state index in [1.54, 1.807) is 31.2 Å². The number of hydrogen-bond donors (Lipinski definition) is 2. The number of carbonyl (C=O) groups excluding carboxylic acids is 2. The molecule has 1 spiro atoms. The zero-order valence-corrected chi connectivity index (χ0v) is 14.4. The Morgan fingerprint density at radius 2 is 1.88 bits per heavy atom. The van der Waals surface area contributed by atoms with Gasteiger partial charge in [-0.15, -0.1) is 0 Å². The Hall–Kier alpha value is -2.96. The van der Waals surface area contributed by atoms with Gasteiger partial charge in [0.1, 0.15) is 6.04 Å². The summed E-state index contributed by atoms with van der Waals surface area (Å²) in [5.74, 6) is 0.191. The largest absolute Gasteiger partial charge is 0.459 e. The predicted octanol–water partition coefficient (Wildman–Crippen LogP) is 3.08. The standard InChI is InChI=1S/C19H20N2O5/c1-12(20-18(23)15-5-4-10-24-15)17(22)21-13-6-7-14-16(11-13)26-19(25-14)8-2-3-9-19/h4-7,10-12H,2-3,8-9H2,1H3,(H,20,23)(H,21,22). The zero-order valence-electron chi connectivity index (χ0n) is 14.4. The number of anilines is 1. The maximum absolute atomic E-state index is 12.3. The van der Waals surface area contributed by atoms with Crippen molar-refractivity contribution in [1.29, 1.82) is 0 Å². The van der Waals surface area contributed by atoms with Crippen LogP contribution in [0.4, 0.5) is 5.69 Å². The Balaban J connectivity index is 1.39. The third-order valence-corrected chi connectivity index (χ3v) is 4.65. The fourth-order valence-corrected chi connectivity index (χ4v) is 3.28. The third-order valence-electron chi connectivity index (χ3n) is 4.65. The van der Waals surface area contributed by atoms with Crippen LogP contribution >= 0.6 is 0 Å². The summed E-state index contributed by atoms with van der Waals surface area (Å²) in [5, 5.41) is 5.37. The minimum atomic E-state index is -0.723. The molecule has 2 amide bonds. The first-order valence-electron chi connectivity index (χ1n) is 8.72. The second-order valence-corrected chi connectivity index (χ2v) is 6.65. The number of amides is 2. The molecule has 4 rings (SSSR count). The molecule has 1 fully saturated rings. The van der Waals surface area contributed by atoms with Crippen LogP contribution < -0.4 is 20.1 Å². The third kappa shape index (κ3) is 3.12. The maximum Gasteiger partial charge on any atom is 0.287 e. The van der Waals surface area contributed by atoms with E-state index in [1.165, 1.54) is 12.3 Å². The molecular weight excluding hydrogens is 336 g/mol. The second kappa shape index (κ2) is 6.40. The van der Waals surface area contributed by atoms with Gasteiger partial charge in [-0.1, -0.05) is 0 Å². The first-order valence-corrected chi connectivity index (χ1v) is 8.72.